The maximum Gasteiger partial charge on any atom is 0.238 e. The number of aliphatic imine (C=N–C) groups is 1. The summed E-state index contributed by atoms with van der Waals surface area (Å²) in [6.45, 7) is 3.63. The highest BCUT2D eigenvalue weighted by Gasteiger charge is 2.19. The SMILES string of the molecule is CN=C(NCc1cccc(NC(=O)CN(C)C)c1)N(C)CC1CCOC1. The Morgan fingerprint density at radius 1 is 1.35 bits per heavy atom. The summed E-state index contributed by atoms with van der Waals surface area (Å²) in [5.74, 6) is 1.40. The van der Waals surface area contributed by atoms with Crippen LogP contribution in [0.1, 0.15) is 12.0 Å². The molecule has 2 rings (SSSR count). The lowest BCUT2D eigenvalue weighted by Gasteiger charge is -2.24. The van der Waals surface area contributed by atoms with Gasteiger partial charge in [0.15, 0.2) is 5.96 Å². The number of anilines is 1. The maximum atomic E-state index is 11.9. The fourth-order valence-corrected chi connectivity index (χ4v) is 3.01. The van der Waals surface area contributed by atoms with Crippen LogP contribution < -0.4 is 10.6 Å². The maximum absolute atomic E-state index is 11.9. The Balaban J connectivity index is 1.86. The molecule has 1 unspecified atom stereocenters. The van der Waals surface area contributed by atoms with Gasteiger partial charge in [0.1, 0.15) is 0 Å². The molecule has 0 aliphatic carbocycles. The molecule has 1 fully saturated rings. The number of hydrogen-bond acceptors (Lipinski definition) is 4. The molecular formula is C19H31N5O2. The van der Waals surface area contributed by atoms with Crippen molar-refractivity contribution in [2.24, 2.45) is 10.9 Å². The van der Waals surface area contributed by atoms with Gasteiger partial charge in [-0.05, 0) is 38.2 Å². The quantitative estimate of drug-likeness (QED) is 0.565. The smallest absolute Gasteiger partial charge is 0.238 e. The lowest BCUT2D eigenvalue weighted by molar-refractivity contribution is -0.116. The second-order valence-electron chi connectivity index (χ2n) is 7.00. The molecule has 1 saturated heterocycles. The summed E-state index contributed by atoms with van der Waals surface area (Å²) in [6.07, 6.45) is 1.11. The third kappa shape index (κ3) is 6.65. The predicted octanol–water partition coefficient (Wildman–Crippen LogP) is 1.23. The minimum atomic E-state index is -0.0190. The Morgan fingerprint density at radius 3 is 2.81 bits per heavy atom. The zero-order valence-corrected chi connectivity index (χ0v) is 16.3. The van der Waals surface area contributed by atoms with E-state index in [1.807, 2.05) is 50.3 Å². The van der Waals surface area contributed by atoms with E-state index in [0.29, 0.717) is 19.0 Å². The number of ether oxygens (including phenoxy) is 1. The van der Waals surface area contributed by atoms with Crippen molar-refractivity contribution in [1.82, 2.24) is 15.1 Å². The molecule has 0 saturated carbocycles. The molecular weight excluding hydrogens is 330 g/mol. The molecule has 26 heavy (non-hydrogen) atoms. The normalized spacial score (nSPS) is 17.4. The van der Waals surface area contributed by atoms with Gasteiger partial charge in [-0.15, -0.1) is 0 Å². The summed E-state index contributed by atoms with van der Waals surface area (Å²) < 4.78 is 5.44. The van der Waals surface area contributed by atoms with E-state index in [2.05, 4.69) is 20.5 Å². The summed E-state index contributed by atoms with van der Waals surface area (Å²) in [7, 11) is 7.59. The van der Waals surface area contributed by atoms with Crippen molar-refractivity contribution >= 4 is 17.6 Å². The number of nitrogens with zero attached hydrogens (tertiary/aromatic N) is 3. The van der Waals surface area contributed by atoms with Crippen LogP contribution in [-0.2, 0) is 16.1 Å². The number of guanidine groups is 1. The van der Waals surface area contributed by atoms with E-state index >= 15 is 0 Å². The van der Waals surface area contributed by atoms with Gasteiger partial charge >= 0.3 is 0 Å². The largest absolute Gasteiger partial charge is 0.381 e. The molecule has 0 bridgehead atoms. The van der Waals surface area contributed by atoms with Gasteiger partial charge in [0, 0.05) is 45.4 Å². The highest BCUT2D eigenvalue weighted by molar-refractivity contribution is 5.92. The highest BCUT2D eigenvalue weighted by atomic mass is 16.5. The molecule has 1 amide bonds. The molecule has 1 aliphatic heterocycles. The molecule has 1 aromatic rings. The van der Waals surface area contributed by atoms with Crippen LogP contribution in [0.15, 0.2) is 29.3 Å². The van der Waals surface area contributed by atoms with Crippen LogP contribution in [0.4, 0.5) is 5.69 Å². The number of rotatable bonds is 7. The molecule has 2 N–H and O–H groups in total. The number of benzene rings is 1. The zero-order chi connectivity index (χ0) is 18.9. The van der Waals surface area contributed by atoms with E-state index in [9.17, 15) is 4.79 Å². The molecule has 144 valence electrons. The van der Waals surface area contributed by atoms with Gasteiger partial charge in [-0.1, -0.05) is 12.1 Å². The standard InChI is InChI=1S/C19H31N5O2/c1-20-19(24(4)12-16-8-9-26-14-16)21-11-15-6-5-7-17(10-15)22-18(25)13-23(2)3/h5-7,10,16H,8-9,11-14H2,1-4H3,(H,20,21)(H,22,25). The predicted molar refractivity (Wildman–Crippen MR) is 105 cm³/mol. The second-order valence-corrected chi connectivity index (χ2v) is 7.00. The average molecular weight is 361 g/mol. The number of likely N-dealkylation sites (N-methyl/N-ethyl adjacent to an activating group) is 1. The van der Waals surface area contributed by atoms with Gasteiger partial charge in [0.2, 0.25) is 5.91 Å². The van der Waals surface area contributed by atoms with Crippen LogP contribution in [0.5, 0.6) is 0 Å². The van der Waals surface area contributed by atoms with Crippen LogP contribution >= 0.6 is 0 Å². The van der Waals surface area contributed by atoms with E-state index in [1.54, 1.807) is 7.05 Å². The Morgan fingerprint density at radius 2 is 2.15 bits per heavy atom. The van der Waals surface area contributed by atoms with Crippen LogP contribution in [-0.4, -0.2) is 76.2 Å². The fourth-order valence-electron chi connectivity index (χ4n) is 3.01. The van der Waals surface area contributed by atoms with Crippen molar-refractivity contribution in [3.05, 3.63) is 29.8 Å². The van der Waals surface area contributed by atoms with E-state index < -0.39 is 0 Å². The number of amides is 1. The first kappa shape index (κ1) is 20.2. The van der Waals surface area contributed by atoms with Gasteiger partial charge in [-0.25, -0.2) is 0 Å². The zero-order valence-electron chi connectivity index (χ0n) is 16.3. The van der Waals surface area contributed by atoms with E-state index in [1.165, 1.54) is 0 Å². The van der Waals surface area contributed by atoms with Crippen molar-refractivity contribution in [1.29, 1.82) is 0 Å². The summed E-state index contributed by atoms with van der Waals surface area (Å²) >= 11 is 0. The van der Waals surface area contributed by atoms with Crippen LogP contribution in [0.3, 0.4) is 0 Å². The van der Waals surface area contributed by atoms with Crippen LogP contribution in [0, 0.1) is 5.92 Å². The summed E-state index contributed by atoms with van der Waals surface area (Å²) in [6, 6.07) is 7.87. The molecule has 0 radical (unpaired) electrons. The molecule has 0 aromatic heterocycles. The molecule has 1 heterocycles. The van der Waals surface area contributed by atoms with E-state index in [-0.39, 0.29) is 5.91 Å². The van der Waals surface area contributed by atoms with Gasteiger partial charge in [0.05, 0.1) is 13.2 Å². The highest BCUT2D eigenvalue weighted by Crippen LogP contribution is 2.14. The molecule has 1 aliphatic rings. The minimum Gasteiger partial charge on any atom is -0.381 e. The molecule has 1 aromatic carbocycles. The first-order valence-corrected chi connectivity index (χ1v) is 9.01. The Bertz CT molecular complexity index is 612. The lowest BCUT2D eigenvalue weighted by Crippen LogP contribution is -2.41. The molecule has 0 spiro atoms. The van der Waals surface area contributed by atoms with Gasteiger partial charge < -0.3 is 25.2 Å². The van der Waals surface area contributed by atoms with Crippen molar-refractivity contribution in [3.8, 4) is 0 Å². The van der Waals surface area contributed by atoms with E-state index in [0.717, 1.165) is 43.4 Å². The first-order valence-electron chi connectivity index (χ1n) is 9.01. The third-order valence-electron chi connectivity index (χ3n) is 4.25. The second kappa shape index (κ2) is 10.1. The molecule has 1 atom stereocenters. The minimum absolute atomic E-state index is 0.0190. The van der Waals surface area contributed by atoms with Gasteiger partial charge in [0.25, 0.3) is 0 Å². The molecule has 7 nitrogen and oxygen atoms in total. The monoisotopic (exact) mass is 361 g/mol. The van der Waals surface area contributed by atoms with Crippen LogP contribution in [0.2, 0.25) is 0 Å². The van der Waals surface area contributed by atoms with E-state index in [4.69, 9.17) is 4.74 Å². The fraction of sp³-hybridized carbons (Fsp3) is 0.579. The van der Waals surface area contributed by atoms with Crippen molar-refractivity contribution in [2.75, 3.05) is 59.8 Å². The Labute approximate surface area is 156 Å². The topological polar surface area (TPSA) is 69.2 Å². The summed E-state index contributed by atoms with van der Waals surface area (Å²) in [5.41, 5.74) is 1.90. The lowest BCUT2D eigenvalue weighted by atomic mass is 10.1. The Hall–Kier alpha value is -2.12. The third-order valence-corrected chi connectivity index (χ3v) is 4.25. The number of nitrogens with one attached hydrogen (secondary N) is 2. The van der Waals surface area contributed by atoms with Crippen molar-refractivity contribution in [2.45, 2.75) is 13.0 Å². The van der Waals surface area contributed by atoms with Crippen molar-refractivity contribution < 1.29 is 9.53 Å². The number of carbonyl (C=O) groups is 1. The average Bonchev–Trinajstić information content (AvgIpc) is 3.08. The number of carbonyl (C=O) groups excluding carboxylic acids is 1. The van der Waals surface area contributed by atoms with Crippen molar-refractivity contribution in [3.63, 3.8) is 0 Å². The van der Waals surface area contributed by atoms with Crippen LogP contribution in [0.25, 0.3) is 0 Å². The Kier molecular flexibility index (Phi) is 7.87. The molecule has 7 heteroatoms. The summed E-state index contributed by atoms with van der Waals surface area (Å²) in [5, 5.41) is 6.31. The number of hydrogen-bond donors (Lipinski definition) is 2. The van der Waals surface area contributed by atoms with Gasteiger partial charge in [-0.2, -0.15) is 0 Å². The first-order chi connectivity index (χ1) is 12.5. The van der Waals surface area contributed by atoms with Gasteiger partial charge in [-0.3, -0.25) is 9.79 Å². The summed E-state index contributed by atoms with van der Waals surface area (Å²) in [4.78, 5) is 20.2.